The third-order valence-corrected chi connectivity index (χ3v) is 6.32. The molecule has 184 valence electrons. The van der Waals surface area contributed by atoms with Crippen LogP contribution in [0.5, 0.6) is 0 Å². The summed E-state index contributed by atoms with van der Waals surface area (Å²) in [7, 11) is 0. The van der Waals surface area contributed by atoms with E-state index >= 15 is 0 Å². The van der Waals surface area contributed by atoms with Gasteiger partial charge < -0.3 is 10.0 Å². The molecule has 1 unspecified atom stereocenters. The van der Waals surface area contributed by atoms with E-state index in [2.05, 4.69) is 25.3 Å². The number of nitrogens with one attached hydrogen (secondary N) is 1. The average molecular weight is 493 g/mol. The predicted octanol–water partition coefficient (Wildman–Crippen LogP) is 4.29. The van der Waals surface area contributed by atoms with E-state index in [1.165, 1.54) is 23.7 Å². The highest BCUT2D eigenvalue weighted by atomic mass is 19.4. The number of benzene rings is 1. The maximum absolute atomic E-state index is 14.5. The SMILES string of the molecule is CCC(O)(c1nc(-c2cnn3ccc(N4CCC[C@@H]4c4cc(F)ccc4F)nc23)n[nH]1)C(F)(F)F. The van der Waals surface area contributed by atoms with Crippen LogP contribution in [-0.4, -0.2) is 47.6 Å². The van der Waals surface area contributed by atoms with Gasteiger partial charge in [-0.15, -0.1) is 0 Å². The number of nitrogens with zero attached hydrogens (tertiary/aromatic N) is 6. The van der Waals surface area contributed by atoms with Gasteiger partial charge in [-0.05, 0) is 43.5 Å². The molecule has 0 aliphatic carbocycles. The molecule has 3 aromatic heterocycles. The van der Waals surface area contributed by atoms with E-state index in [-0.39, 0.29) is 22.6 Å². The van der Waals surface area contributed by atoms with Crippen LogP contribution in [0.3, 0.4) is 0 Å². The van der Waals surface area contributed by atoms with Crippen LogP contribution in [-0.2, 0) is 5.60 Å². The van der Waals surface area contributed by atoms with Gasteiger partial charge in [0.25, 0.3) is 0 Å². The van der Waals surface area contributed by atoms with Crippen molar-refractivity contribution in [2.75, 3.05) is 11.4 Å². The summed E-state index contributed by atoms with van der Waals surface area (Å²) < 4.78 is 70.0. The normalized spacial score (nSPS) is 18.4. The van der Waals surface area contributed by atoms with Gasteiger partial charge in [0.1, 0.15) is 17.5 Å². The Morgan fingerprint density at radius 1 is 1.17 bits per heavy atom. The number of halogens is 5. The van der Waals surface area contributed by atoms with E-state index in [0.29, 0.717) is 18.8 Å². The zero-order valence-corrected chi connectivity index (χ0v) is 18.4. The fourth-order valence-electron chi connectivity index (χ4n) is 4.38. The Bertz CT molecular complexity index is 1380. The van der Waals surface area contributed by atoms with Crippen LogP contribution in [0.25, 0.3) is 17.0 Å². The lowest BCUT2D eigenvalue weighted by atomic mass is 9.99. The van der Waals surface area contributed by atoms with Crippen molar-refractivity contribution in [2.45, 2.75) is 44.0 Å². The third kappa shape index (κ3) is 3.79. The van der Waals surface area contributed by atoms with Crippen LogP contribution in [0.2, 0.25) is 0 Å². The molecule has 0 radical (unpaired) electrons. The Morgan fingerprint density at radius 3 is 2.71 bits per heavy atom. The highest BCUT2D eigenvalue weighted by Gasteiger charge is 2.56. The first-order valence-corrected chi connectivity index (χ1v) is 10.9. The highest BCUT2D eigenvalue weighted by molar-refractivity contribution is 5.73. The van der Waals surface area contributed by atoms with Gasteiger partial charge >= 0.3 is 6.18 Å². The van der Waals surface area contributed by atoms with Gasteiger partial charge in [0.2, 0.25) is 5.60 Å². The quantitative estimate of drug-likeness (QED) is 0.403. The smallest absolute Gasteiger partial charge is 0.374 e. The summed E-state index contributed by atoms with van der Waals surface area (Å²) in [5, 5.41) is 20.3. The minimum Gasteiger partial charge on any atom is -0.374 e. The molecule has 1 aromatic carbocycles. The molecule has 0 saturated carbocycles. The monoisotopic (exact) mass is 493 g/mol. The van der Waals surface area contributed by atoms with E-state index in [9.17, 15) is 27.1 Å². The van der Waals surface area contributed by atoms with E-state index in [4.69, 9.17) is 0 Å². The van der Waals surface area contributed by atoms with Crippen molar-refractivity contribution in [3.63, 3.8) is 0 Å². The van der Waals surface area contributed by atoms with Crippen molar-refractivity contribution in [2.24, 2.45) is 0 Å². The van der Waals surface area contributed by atoms with Gasteiger partial charge in [-0.1, -0.05) is 6.92 Å². The van der Waals surface area contributed by atoms with Gasteiger partial charge in [-0.2, -0.15) is 23.4 Å². The van der Waals surface area contributed by atoms with Crippen LogP contribution in [0.4, 0.5) is 27.8 Å². The standard InChI is InChI=1S/C22H20F5N7O/c1-2-21(35,22(25,26)27)20-30-18(31-32-20)14-11-28-34-9-7-17(29-19(14)34)33-8-3-4-16(33)13-10-12(23)5-6-15(13)24/h5-7,9-11,16,35H,2-4,8H2,1H3,(H,30,31,32)/t16-,21?/m1/s1. The molecule has 1 aliphatic rings. The zero-order chi connectivity index (χ0) is 25.0. The van der Waals surface area contributed by atoms with E-state index in [0.717, 1.165) is 18.6 Å². The Hall–Kier alpha value is -3.61. The van der Waals surface area contributed by atoms with E-state index in [1.54, 1.807) is 12.3 Å². The molecule has 4 aromatic rings. The summed E-state index contributed by atoms with van der Waals surface area (Å²) >= 11 is 0. The first-order valence-electron chi connectivity index (χ1n) is 10.9. The van der Waals surface area contributed by atoms with Crippen LogP contribution in [0.1, 0.15) is 43.6 Å². The minimum atomic E-state index is -4.96. The lowest BCUT2D eigenvalue weighted by Crippen LogP contribution is -2.42. The number of fused-ring (bicyclic) bond motifs is 1. The number of aromatic amines is 1. The molecule has 2 atom stereocenters. The van der Waals surface area contributed by atoms with Crippen molar-refractivity contribution in [3.8, 4) is 11.4 Å². The zero-order valence-electron chi connectivity index (χ0n) is 18.4. The predicted molar refractivity (Wildman–Crippen MR) is 114 cm³/mol. The van der Waals surface area contributed by atoms with Crippen LogP contribution < -0.4 is 4.90 Å². The molecule has 0 amide bonds. The maximum atomic E-state index is 14.5. The number of alkyl halides is 3. The van der Waals surface area contributed by atoms with Crippen molar-refractivity contribution in [1.82, 2.24) is 29.8 Å². The van der Waals surface area contributed by atoms with Gasteiger partial charge in [-0.3, -0.25) is 5.10 Å². The van der Waals surface area contributed by atoms with Crippen molar-refractivity contribution < 1.29 is 27.1 Å². The number of rotatable bonds is 5. The van der Waals surface area contributed by atoms with Gasteiger partial charge in [0.15, 0.2) is 17.3 Å². The lowest BCUT2D eigenvalue weighted by Gasteiger charge is -2.26. The Kier molecular flexibility index (Phi) is 5.46. The number of aliphatic hydroxyl groups is 1. The number of aromatic nitrogens is 6. The second-order valence-electron chi connectivity index (χ2n) is 8.35. The summed E-state index contributed by atoms with van der Waals surface area (Å²) in [5.74, 6) is -1.46. The first-order chi connectivity index (χ1) is 16.6. The second kappa shape index (κ2) is 8.26. The van der Waals surface area contributed by atoms with Crippen molar-refractivity contribution in [3.05, 3.63) is 59.7 Å². The maximum Gasteiger partial charge on any atom is 0.424 e. The minimum absolute atomic E-state index is 0.120. The van der Waals surface area contributed by atoms with E-state index in [1.807, 2.05) is 4.90 Å². The Balaban J connectivity index is 1.53. The number of anilines is 1. The molecule has 0 bridgehead atoms. The van der Waals surface area contributed by atoms with E-state index < -0.39 is 41.7 Å². The summed E-state index contributed by atoms with van der Waals surface area (Å²) in [6.07, 6.45) is -1.33. The van der Waals surface area contributed by atoms with Gasteiger partial charge in [0, 0.05) is 18.3 Å². The molecule has 8 nitrogen and oxygen atoms in total. The number of H-pyrrole nitrogens is 1. The van der Waals surface area contributed by atoms with Crippen LogP contribution >= 0.6 is 0 Å². The fourth-order valence-corrected chi connectivity index (χ4v) is 4.38. The number of hydrogen-bond acceptors (Lipinski definition) is 6. The third-order valence-electron chi connectivity index (χ3n) is 6.32. The lowest BCUT2D eigenvalue weighted by molar-refractivity contribution is -0.270. The Morgan fingerprint density at radius 2 is 1.97 bits per heavy atom. The van der Waals surface area contributed by atoms with Crippen LogP contribution in [0.15, 0.2) is 36.7 Å². The van der Waals surface area contributed by atoms with Gasteiger partial charge in [-0.25, -0.2) is 23.3 Å². The Labute approximate surface area is 195 Å². The molecular formula is C22H20F5N7O. The topological polar surface area (TPSA) is 95.2 Å². The molecule has 5 rings (SSSR count). The molecule has 1 saturated heterocycles. The van der Waals surface area contributed by atoms with Crippen molar-refractivity contribution >= 4 is 11.5 Å². The number of hydrogen-bond donors (Lipinski definition) is 2. The molecule has 2 N–H and O–H groups in total. The molecule has 1 fully saturated rings. The molecule has 35 heavy (non-hydrogen) atoms. The summed E-state index contributed by atoms with van der Waals surface area (Å²) in [6.45, 7) is 1.74. The van der Waals surface area contributed by atoms with Crippen molar-refractivity contribution in [1.29, 1.82) is 0 Å². The molecule has 4 heterocycles. The van der Waals surface area contributed by atoms with Crippen LogP contribution in [0, 0.1) is 11.6 Å². The molecule has 0 spiro atoms. The summed E-state index contributed by atoms with van der Waals surface area (Å²) in [6, 6.07) is 4.55. The molecule has 13 heteroatoms. The highest BCUT2D eigenvalue weighted by Crippen LogP contribution is 2.41. The average Bonchev–Trinajstić information content (AvgIpc) is 3.57. The van der Waals surface area contributed by atoms with Gasteiger partial charge in [0.05, 0.1) is 17.8 Å². The molecule has 1 aliphatic heterocycles. The summed E-state index contributed by atoms with van der Waals surface area (Å²) in [5.41, 5.74) is -2.46. The second-order valence-corrected chi connectivity index (χ2v) is 8.35. The first kappa shape index (κ1) is 23.1. The fraction of sp³-hybridized carbons (Fsp3) is 0.364. The molecular weight excluding hydrogens is 473 g/mol. The summed E-state index contributed by atoms with van der Waals surface area (Å²) in [4.78, 5) is 10.3. The largest absolute Gasteiger partial charge is 0.424 e.